The van der Waals surface area contributed by atoms with Crippen molar-refractivity contribution in [2.75, 3.05) is 27.9 Å². The van der Waals surface area contributed by atoms with Gasteiger partial charge in [0.05, 0.1) is 20.3 Å². The fourth-order valence-corrected chi connectivity index (χ4v) is 3.92. The Kier molecular flexibility index (Phi) is 7.02. The third-order valence-electron chi connectivity index (χ3n) is 4.15. The van der Waals surface area contributed by atoms with E-state index in [0.717, 1.165) is 17.5 Å². The first kappa shape index (κ1) is 20.2. The number of nitrogens with one attached hydrogen (secondary N) is 1. The average Bonchev–Trinajstić information content (AvgIpc) is 2.68. The summed E-state index contributed by atoms with van der Waals surface area (Å²) in [6.45, 7) is 2.03. The molecule has 1 N–H and O–H groups in total. The van der Waals surface area contributed by atoms with E-state index in [1.165, 1.54) is 14.2 Å². The van der Waals surface area contributed by atoms with Crippen LogP contribution < -0.4 is 14.2 Å². The van der Waals surface area contributed by atoms with Gasteiger partial charge < -0.3 is 14.2 Å². The molecule has 0 bridgehead atoms. The summed E-state index contributed by atoms with van der Waals surface area (Å²) in [4.78, 5) is 0.120. The predicted molar refractivity (Wildman–Crippen MR) is 100 cm³/mol. The van der Waals surface area contributed by atoms with Crippen LogP contribution in [0.4, 0.5) is 0 Å². The summed E-state index contributed by atoms with van der Waals surface area (Å²) in [5, 5.41) is 0. The average molecular weight is 379 g/mol. The minimum Gasteiger partial charge on any atom is -0.496 e. The molecule has 0 heterocycles. The van der Waals surface area contributed by atoms with E-state index < -0.39 is 16.1 Å². The highest BCUT2D eigenvalue weighted by Crippen LogP contribution is 2.28. The Morgan fingerprint density at radius 3 is 2.31 bits per heavy atom. The van der Waals surface area contributed by atoms with Crippen molar-refractivity contribution >= 4 is 10.0 Å². The van der Waals surface area contributed by atoms with Gasteiger partial charge in [0.2, 0.25) is 10.0 Å². The van der Waals surface area contributed by atoms with Gasteiger partial charge in [0.25, 0.3) is 0 Å². The summed E-state index contributed by atoms with van der Waals surface area (Å²) < 4.78 is 44.3. The number of sulfonamides is 1. The van der Waals surface area contributed by atoms with E-state index in [1.54, 1.807) is 19.2 Å². The van der Waals surface area contributed by atoms with Crippen molar-refractivity contribution in [3.05, 3.63) is 53.6 Å². The summed E-state index contributed by atoms with van der Waals surface area (Å²) in [5.41, 5.74) is 1.69. The van der Waals surface area contributed by atoms with Gasteiger partial charge in [-0.25, -0.2) is 13.1 Å². The highest BCUT2D eigenvalue weighted by atomic mass is 32.2. The molecule has 0 amide bonds. The van der Waals surface area contributed by atoms with Crippen molar-refractivity contribution < 1.29 is 22.6 Å². The molecular formula is C19H25NO5S. The first-order chi connectivity index (χ1) is 12.5. The van der Waals surface area contributed by atoms with Gasteiger partial charge in [0, 0.05) is 19.2 Å². The second kappa shape index (κ2) is 9.02. The summed E-state index contributed by atoms with van der Waals surface area (Å²) in [6, 6.07) is 12.5. The quantitative estimate of drug-likeness (QED) is 0.725. The lowest BCUT2D eigenvalue weighted by molar-refractivity contribution is 0.105. The van der Waals surface area contributed by atoms with Gasteiger partial charge in [-0.15, -0.1) is 0 Å². The van der Waals surface area contributed by atoms with Crippen LogP contribution in [0.2, 0.25) is 0 Å². The number of ether oxygens (including phenoxy) is 3. The van der Waals surface area contributed by atoms with E-state index in [1.807, 2.05) is 37.3 Å². The first-order valence-electron chi connectivity index (χ1n) is 8.29. The Labute approximate surface area is 155 Å². The fraction of sp³-hybridized carbons (Fsp3) is 0.368. The summed E-state index contributed by atoms with van der Waals surface area (Å²) in [6.07, 6.45) is 0.246. The zero-order chi connectivity index (χ0) is 19.2. The summed E-state index contributed by atoms with van der Waals surface area (Å²) in [7, 11) is 0.785. The van der Waals surface area contributed by atoms with Gasteiger partial charge in [-0.05, 0) is 30.2 Å². The van der Waals surface area contributed by atoms with E-state index in [-0.39, 0.29) is 11.4 Å². The number of para-hydroxylation sites is 1. The standard InChI is InChI=1S/C19H25NO5S/c1-5-14-10-11-17(24-3)19(12-14)26(21,22)20-13-18(25-4)15-8-6-7-9-16(15)23-2/h6-12,18,20H,5,13H2,1-4H3. The lowest BCUT2D eigenvalue weighted by atomic mass is 10.1. The number of methoxy groups -OCH3 is 3. The number of hydrogen-bond donors (Lipinski definition) is 1. The number of rotatable bonds is 9. The van der Waals surface area contributed by atoms with Crippen molar-refractivity contribution in [3.8, 4) is 11.5 Å². The maximum absolute atomic E-state index is 12.8. The van der Waals surface area contributed by atoms with Crippen molar-refractivity contribution in [2.45, 2.75) is 24.3 Å². The monoisotopic (exact) mass is 379 g/mol. The molecule has 1 unspecified atom stereocenters. The van der Waals surface area contributed by atoms with Crippen LogP contribution in [0.15, 0.2) is 47.4 Å². The van der Waals surface area contributed by atoms with Crippen LogP contribution in [0.25, 0.3) is 0 Å². The minimum atomic E-state index is -3.76. The summed E-state index contributed by atoms with van der Waals surface area (Å²) in [5.74, 6) is 0.949. The van der Waals surface area contributed by atoms with E-state index in [9.17, 15) is 8.42 Å². The second-order valence-electron chi connectivity index (χ2n) is 5.66. The van der Waals surface area contributed by atoms with Gasteiger partial charge in [-0.2, -0.15) is 0 Å². The van der Waals surface area contributed by atoms with Gasteiger partial charge in [-0.3, -0.25) is 0 Å². The Hall–Kier alpha value is -2.09. The highest BCUT2D eigenvalue weighted by molar-refractivity contribution is 7.89. The van der Waals surface area contributed by atoms with Gasteiger partial charge >= 0.3 is 0 Å². The minimum absolute atomic E-state index is 0.0682. The van der Waals surface area contributed by atoms with Crippen molar-refractivity contribution in [2.24, 2.45) is 0 Å². The predicted octanol–water partition coefficient (Wildman–Crippen LogP) is 2.93. The Morgan fingerprint density at radius 1 is 1.00 bits per heavy atom. The van der Waals surface area contributed by atoms with Gasteiger partial charge in [-0.1, -0.05) is 31.2 Å². The molecule has 142 valence electrons. The zero-order valence-corrected chi connectivity index (χ0v) is 16.3. The maximum atomic E-state index is 12.8. The maximum Gasteiger partial charge on any atom is 0.244 e. The highest BCUT2D eigenvalue weighted by Gasteiger charge is 2.23. The zero-order valence-electron chi connectivity index (χ0n) is 15.5. The van der Waals surface area contributed by atoms with E-state index in [4.69, 9.17) is 14.2 Å². The molecule has 0 saturated heterocycles. The van der Waals surface area contributed by atoms with Crippen LogP contribution in [0.3, 0.4) is 0 Å². The van der Waals surface area contributed by atoms with Crippen molar-refractivity contribution in [3.63, 3.8) is 0 Å². The first-order valence-corrected chi connectivity index (χ1v) is 9.77. The molecule has 2 aromatic rings. The Balaban J connectivity index is 2.26. The van der Waals surface area contributed by atoms with E-state index in [2.05, 4.69) is 4.72 Å². The fourth-order valence-electron chi connectivity index (χ4n) is 2.67. The van der Waals surface area contributed by atoms with Crippen LogP contribution >= 0.6 is 0 Å². The molecule has 0 aliphatic carbocycles. The normalized spacial score (nSPS) is 12.6. The van der Waals surface area contributed by atoms with Gasteiger partial charge in [0.15, 0.2) is 0 Å². The van der Waals surface area contributed by atoms with Crippen LogP contribution in [-0.4, -0.2) is 36.3 Å². The third-order valence-corrected chi connectivity index (χ3v) is 5.60. The second-order valence-corrected chi connectivity index (χ2v) is 7.39. The number of benzene rings is 2. The Bertz CT molecular complexity index is 836. The van der Waals surface area contributed by atoms with Crippen molar-refractivity contribution in [1.29, 1.82) is 0 Å². The molecule has 2 rings (SSSR count). The van der Waals surface area contributed by atoms with Crippen LogP contribution in [0.5, 0.6) is 11.5 Å². The lowest BCUT2D eigenvalue weighted by Gasteiger charge is -2.19. The van der Waals surface area contributed by atoms with Crippen molar-refractivity contribution in [1.82, 2.24) is 4.72 Å². The smallest absolute Gasteiger partial charge is 0.244 e. The van der Waals surface area contributed by atoms with Crippen LogP contribution in [0, 0.1) is 0 Å². The molecule has 26 heavy (non-hydrogen) atoms. The Morgan fingerprint density at radius 2 is 1.69 bits per heavy atom. The molecule has 0 aromatic heterocycles. The molecular weight excluding hydrogens is 354 g/mol. The molecule has 6 nitrogen and oxygen atoms in total. The SMILES string of the molecule is CCc1ccc(OC)c(S(=O)(=O)NCC(OC)c2ccccc2OC)c1. The molecule has 0 aliphatic rings. The number of hydrogen-bond acceptors (Lipinski definition) is 5. The van der Waals surface area contributed by atoms with Gasteiger partial charge in [0.1, 0.15) is 16.4 Å². The van der Waals surface area contributed by atoms with E-state index in [0.29, 0.717) is 11.5 Å². The molecule has 0 fully saturated rings. The topological polar surface area (TPSA) is 73.9 Å². The molecule has 0 spiro atoms. The largest absolute Gasteiger partial charge is 0.496 e. The molecule has 0 saturated carbocycles. The molecule has 0 aliphatic heterocycles. The molecule has 7 heteroatoms. The van der Waals surface area contributed by atoms with Crippen LogP contribution in [-0.2, 0) is 21.2 Å². The third kappa shape index (κ3) is 4.55. The van der Waals surface area contributed by atoms with Crippen LogP contribution in [0.1, 0.15) is 24.2 Å². The molecule has 2 aromatic carbocycles. The summed E-state index contributed by atoms with van der Waals surface area (Å²) >= 11 is 0. The lowest BCUT2D eigenvalue weighted by Crippen LogP contribution is -2.29. The van der Waals surface area contributed by atoms with E-state index >= 15 is 0 Å². The molecule has 1 atom stereocenters. The molecule has 0 radical (unpaired) electrons. The number of aryl methyl sites for hydroxylation is 1.